The first kappa shape index (κ1) is 18.4. The van der Waals surface area contributed by atoms with Gasteiger partial charge in [-0.25, -0.2) is 9.37 Å². The van der Waals surface area contributed by atoms with E-state index >= 15 is 0 Å². The number of pyridine rings is 1. The van der Waals surface area contributed by atoms with Crippen LogP contribution >= 0.6 is 11.6 Å². The number of carbonyl (C=O) groups is 1. The molecule has 29 heavy (non-hydrogen) atoms. The predicted octanol–water partition coefficient (Wildman–Crippen LogP) is 3.78. The van der Waals surface area contributed by atoms with Gasteiger partial charge in [0.2, 0.25) is 11.6 Å². The third-order valence-electron chi connectivity index (χ3n) is 5.54. The van der Waals surface area contributed by atoms with Crippen molar-refractivity contribution in [2.24, 2.45) is 0 Å². The lowest BCUT2D eigenvalue weighted by Gasteiger charge is -2.33. The Balaban J connectivity index is 1.20. The standard InChI is InChI=1S/C21H20ClFN4O2/c22-15-11-18-20(24-12-15)25-21(29-18)27-7-5-26(6-8-27)19(28)10-13-1-4-16(14-2-3-14)17(23)9-13/h1,4,9,11-12,14H,2-3,5-8,10H2. The van der Waals surface area contributed by atoms with Gasteiger partial charge in [-0.2, -0.15) is 4.98 Å². The van der Waals surface area contributed by atoms with E-state index in [2.05, 4.69) is 9.97 Å². The Morgan fingerprint density at radius 2 is 2.00 bits per heavy atom. The van der Waals surface area contributed by atoms with Gasteiger partial charge in [0, 0.05) is 38.4 Å². The first-order valence-electron chi connectivity index (χ1n) is 9.80. The Hall–Kier alpha value is -2.67. The molecule has 8 heteroatoms. The summed E-state index contributed by atoms with van der Waals surface area (Å²) >= 11 is 5.94. The molecule has 2 aromatic heterocycles. The highest BCUT2D eigenvalue weighted by atomic mass is 35.5. The molecular formula is C21H20ClFN4O2. The second-order valence-corrected chi connectivity index (χ2v) is 8.08. The second-order valence-electron chi connectivity index (χ2n) is 7.65. The Bertz CT molecular complexity index is 1070. The fraction of sp³-hybridized carbons (Fsp3) is 0.381. The van der Waals surface area contributed by atoms with Crippen LogP contribution in [0.4, 0.5) is 10.4 Å². The molecule has 5 rings (SSSR count). The highest BCUT2D eigenvalue weighted by Gasteiger charge is 2.27. The zero-order chi connectivity index (χ0) is 20.0. The summed E-state index contributed by atoms with van der Waals surface area (Å²) in [6.07, 6.45) is 3.87. The van der Waals surface area contributed by atoms with Gasteiger partial charge in [0.25, 0.3) is 6.01 Å². The highest BCUT2D eigenvalue weighted by molar-refractivity contribution is 6.30. The van der Waals surface area contributed by atoms with Crippen molar-refractivity contribution in [1.29, 1.82) is 0 Å². The number of oxazole rings is 1. The number of halogens is 2. The number of piperazine rings is 1. The van der Waals surface area contributed by atoms with E-state index in [0.29, 0.717) is 54.4 Å². The van der Waals surface area contributed by atoms with Crippen molar-refractivity contribution in [3.63, 3.8) is 0 Å². The van der Waals surface area contributed by atoms with Gasteiger partial charge >= 0.3 is 0 Å². The van der Waals surface area contributed by atoms with Gasteiger partial charge in [-0.3, -0.25) is 4.79 Å². The zero-order valence-electron chi connectivity index (χ0n) is 15.8. The molecule has 2 aliphatic rings. The van der Waals surface area contributed by atoms with Crippen LogP contribution in [0.5, 0.6) is 0 Å². The van der Waals surface area contributed by atoms with Crippen LogP contribution in [0.25, 0.3) is 11.2 Å². The van der Waals surface area contributed by atoms with E-state index in [1.165, 1.54) is 12.3 Å². The number of nitrogens with zero attached hydrogens (tertiary/aromatic N) is 4. The third-order valence-corrected chi connectivity index (χ3v) is 5.75. The van der Waals surface area contributed by atoms with Crippen molar-refractivity contribution in [3.05, 3.63) is 52.4 Å². The van der Waals surface area contributed by atoms with Crippen molar-refractivity contribution in [3.8, 4) is 0 Å². The molecule has 1 aliphatic heterocycles. The molecule has 1 amide bonds. The summed E-state index contributed by atoms with van der Waals surface area (Å²) < 4.78 is 20.0. The number of fused-ring (bicyclic) bond motifs is 1. The fourth-order valence-corrected chi connectivity index (χ4v) is 3.91. The van der Waals surface area contributed by atoms with E-state index in [1.807, 2.05) is 17.0 Å². The molecule has 0 N–H and O–H groups in total. The topological polar surface area (TPSA) is 62.5 Å². The molecule has 1 aliphatic carbocycles. The molecule has 3 aromatic rings. The maximum atomic E-state index is 14.2. The molecule has 1 saturated heterocycles. The van der Waals surface area contributed by atoms with Crippen LogP contribution < -0.4 is 4.90 Å². The normalized spacial score (nSPS) is 17.2. The molecule has 150 valence electrons. The van der Waals surface area contributed by atoms with Crippen LogP contribution in [-0.4, -0.2) is 47.0 Å². The van der Waals surface area contributed by atoms with Gasteiger partial charge in [0.05, 0.1) is 11.4 Å². The molecule has 6 nitrogen and oxygen atoms in total. The molecule has 0 spiro atoms. The van der Waals surface area contributed by atoms with Crippen molar-refractivity contribution >= 4 is 34.8 Å². The summed E-state index contributed by atoms with van der Waals surface area (Å²) in [6.45, 7) is 2.35. The van der Waals surface area contributed by atoms with Crippen molar-refractivity contribution in [2.75, 3.05) is 31.1 Å². The van der Waals surface area contributed by atoms with Crippen molar-refractivity contribution < 1.29 is 13.6 Å². The number of hydrogen-bond donors (Lipinski definition) is 0. The molecule has 2 fully saturated rings. The number of carbonyl (C=O) groups excluding carboxylic acids is 1. The van der Waals surface area contributed by atoms with E-state index in [9.17, 15) is 9.18 Å². The maximum absolute atomic E-state index is 14.2. The monoisotopic (exact) mass is 414 g/mol. The van der Waals surface area contributed by atoms with Gasteiger partial charge in [-0.15, -0.1) is 0 Å². The minimum Gasteiger partial charge on any atom is -0.422 e. The summed E-state index contributed by atoms with van der Waals surface area (Å²) in [6, 6.07) is 7.40. The number of hydrogen-bond acceptors (Lipinski definition) is 5. The fourth-order valence-electron chi connectivity index (χ4n) is 3.76. The molecular weight excluding hydrogens is 395 g/mol. The SMILES string of the molecule is O=C(Cc1ccc(C2CC2)c(F)c1)N1CCN(c2nc3ncc(Cl)cc3o2)CC1. The lowest BCUT2D eigenvalue weighted by molar-refractivity contribution is -0.130. The predicted molar refractivity (Wildman–Crippen MR) is 108 cm³/mol. The van der Waals surface area contributed by atoms with Crippen molar-refractivity contribution in [1.82, 2.24) is 14.9 Å². The maximum Gasteiger partial charge on any atom is 0.300 e. The first-order valence-corrected chi connectivity index (χ1v) is 10.2. The number of anilines is 1. The number of amides is 1. The Morgan fingerprint density at radius 1 is 1.21 bits per heavy atom. The summed E-state index contributed by atoms with van der Waals surface area (Å²) in [5, 5.41) is 0.497. The Kier molecular flexibility index (Phi) is 4.62. The second kappa shape index (κ2) is 7.30. The van der Waals surface area contributed by atoms with E-state index in [4.69, 9.17) is 16.0 Å². The zero-order valence-corrected chi connectivity index (χ0v) is 16.5. The minimum absolute atomic E-state index is 0.00855. The summed E-state index contributed by atoms with van der Waals surface area (Å²) in [7, 11) is 0. The van der Waals surface area contributed by atoms with Crippen LogP contribution in [0.15, 0.2) is 34.9 Å². The van der Waals surface area contributed by atoms with E-state index in [-0.39, 0.29) is 18.1 Å². The number of aromatic nitrogens is 2. The molecule has 0 atom stereocenters. The molecule has 1 saturated carbocycles. The van der Waals surface area contributed by atoms with Gasteiger partial charge in [0.15, 0.2) is 5.58 Å². The van der Waals surface area contributed by atoms with Crippen LogP contribution in [0, 0.1) is 5.82 Å². The molecule has 0 radical (unpaired) electrons. The van der Waals surface area contributed by atoms with Crippen LogP contribution in [0.3, 0.4) is 0 Å². The lowest BCUT2D eigenvalue weighted by atomic mass is 10.0. The van der Waals surface area contributed by atoms with Gasteiger partial charge in [-0.05, 0) is 36.0 Å². The minimum atomic E-state index is -0.188. The number of rotatable bonds is 4. The number of benzene rings is 1. The third kappa shape index (κ3) is 3.79. The van der Waals surface area contributed by atoms with Crippen LogP contribution in [-0.2, 0) is 11.2 Å². The van der Waals surface area contributed by atoms with Crippen LogP contribution in [0.1, 0.15) is 29.9 Å². The highest BCUT2D eigenvalue weighted by Crippen LogP contribution is 2.41. The first-order chi connectivity index (χ1) is 14.1. The Labute approximate surface area is 172 Å². The lowest BCUT2D eigenvalue weighted by Crippen LogP contribution is -2.49. The summed E-state index contributed by atoms with van der Waals surface area (Å²) in [5.74, 6) is 0.187. The van der Waals surface area contributed by atoms with E-state index in [1.54, 1.807) is 11.0 Å². The average molecular weight is 415 g/mol. The largest absolute Gasteiger partial charge is 0.422 e. The average Bonchev–Trinajstić information content (AvgIpc) is 3.46. The smallest absolute Gasteiger partial charge is 0.300 e. The Morgan fingerprint density at radius 3 is 2.72 bits per heavy atom. The summed E-state index contributed by atoms with van der Waals surface area (Å²) in [4.78, 5) is 25.0. The molecule has 3 heterocycles. The van der Waals surface area contributed by atoms with Gasteiger partial charge in [-0.1, -0.05) is 23.7 Å². The van der Waals surface area contributed by atoms with Gasteiger partial charge < -0.3 is 14.2 Å². The van der Waals surface area contributed by atoms with Crippen molar-refractivity contribution in [2.45, 2.75) is 25.2 Å². The molecule has 0 unspecified atom stereocenters. The van der Waals surface area contributed by atoms with Gasteiger partial charge in [0.1, 0.15) is 5.82 Å². The quantitative estimate of drug-likeness (QED) is 0.650. The van der Waals surface area contributed by atoms with Crippen LogP contribution in [0.2, 0.25) is 5.02 Å². The molecule has 1 aromatic carbocycles. The van der Waals surface area contributed by atoms with E-state index < -0.39 is 0 Å². The molecule has 0 bridgehead atoms. The van der Waals surface area contributed by atoms with E-state index in [0.717, 1.165) is 24.0 Å². The summed E-state index contributed by atoms with van der Waals surface area (Å²) in [5.41, 5.74) is 2.56.